The summed E-state index contributed by atoms with van der Waals surface area (Å²) in [5, 5.41) is 3.36. The summed E-state index contributed by atoms with van der Waals surface area (Å²) in [6.45, 7) is 0. The molecular formula is C54H28N2O2. The van der Waals surface area contributed by atoms with Gasteiger partial charge in [-0.15, -0.1) is 0 Å². The maximum atomic E-state index is 10.3. The molecule has 0 radical (unpaired) electrons. The number of fused-ring (bicyclic) bond motifs is 18. The van der Waals surface area contributed by atoms with Crippen LogP contribution in [0.5, 0.6) is 0 Å². The minimum absolute atomic E-state index is 0.0119. The Morgan fingerprint density at radius 2 is 0.776 bits per heavy atom. The second kappa shape index (κ2) is 10.1. The van der Waals surface area contributed by atoms with E-state index in [2.05, 4.69) is 0 Å². The average molecular weight is 751 g/mol. The third-order valence-corrected chi connectivity index (χ3v) is 12.1. The minimum atomic E-state index is -0.528. The summed E-state index contributed by atoms with van der Waals surface area (Å²) in [5.41, 5.74) is 3.05. The van der Waals surface area contributed by atoms with E-state index in [0.717, 1.165) is 21.5 Å². The third kappa shape index (κ3) is 3.38. The van der Waals surface area contributed by atoms with Gasteiger partial charge in [-0.3, -0.25) is 0 Å². The molecule has 0 saturated carbocycles. The summed E-state index contributed by atoms with van der Waals surface area (Å²) in [4.78, 5) is 0. The second-order valence-electron chi connectivity index (χ2n) is 14.8. The van der Waals surface area contributed by atoms with Gasteiger partial charge in [-0.05, 0) is 47.4 Å². The summed E-state index contributed by atoms with van der Waals surface area (Å²) in [5.74, 6) is 0. The largest absolute Gasteiger partial charge is 0.455 e. The van der Waals surface area contributed by atoms with E-state index in [9.17, 15) is 19.2 Å². The first kappa shape index (κ1) is 19.9. The maximum Gasteiger partial charge on any atom is 0.143 e. The van der Waals surface area contributed by atoms with Gasteiger partial charge in [0.2, 0.25) is 0 Å². The van der Waals surface area contributed by atoms with Crippen molar-refractivity contribution < 1.29 is 28.0 Å². The first-order valence-corrected chi connectivity index (χ1v) is 18.8. The van der Waals surface area contributed by atoms with Crippen molar-refractivity contribution in [3.63, 3.8) is 0 Å². The van der Waals surface area contributed by atoms with Crippen molar-refractivity contribution in [2.24, 2.45) is 0 Å². The zero-order chi connectivity index (χ0) is 49.6. The Balaban J connectivity index is 1.18. The molecule has 0 aliphatic rings. The average Bonchev–Trinajstić information content (AvgIpc) is 4.23. The molecule has 58 heavy (non-hydrogen) atoms. The van der Waals surface area contributed by atoms with Gasteiger partial charge in [-0.2, -0.15) is 0 Å². The molecule has 266 valence electrons. The normalized spacial score (nSPS) is 16.2. The summed E-state index contributed by atoms with van der Waals surface area (Å²) in [6.07, 6.45) is 0. The summed E-state index contributed by atoms with van der Waals surface area (Å²) >= 11 is 0. The van der Waals surface area contributed by atoms with Crippen LogP contribution < -0.4 is 0 Å². The van der Waals surface area contributed by atoms with Crippen molar-refractivity contribution in [2.45, 2.75) is 0 Å². The van der Waals surface area contributed by atoms with Crippen molar-refractivity contribution in [1.82, 2.24) is 8.80 Å². The highest BCUT2D eigenvalue weighted by molar-refractivity contribution is 6.31. The summed E-state index contributed by atoms with van der Waals surface area (Å²) in [6, 6.07) is 19.6. The summed E-state index contributed by atoms with van der Waals surface area (Å²) < 4.78 is 150. The van der Waals surface area contributed by atoms with Crippen molar-refractivity contribution in [1.29, 1.82) is 0 Å². The first-order chi connectivity index (χ1) is 34.6. The van der Waals surface area contributed by atoms with Crippen molar-refractivity contribution in [3.8, 4) is 22.3 Å². The molecule has 0 saturated heterocycles. The minimum Gasteiger partial charge on any atom is -0.455 e. The Hall–Kier alpha value is -7.82. The molecule has 15 aromatic rings. The Bertz CT molecular complexity index is 4790. The van der Waals surface area contributed by atoms with E-state index in [1.807, 2.05) is 60.7 Å². The quantitative estimate of drug-likeness (QED) is 0.176. The molecule has 0 amide bonds. The van der Waals surface area contributed by atoms with Crippen LogP contribution in [0.25, 0.3) is 142 Å². The Kier molecular flexibility index (Phi) is 3.47. The molecule has 4 nitrogen and oxygen atoms in total. The number of rotatable bonds is 2. The number of hydrogen-bond donors (Lipinski definition) is 0. The predicted molar refractivity (Wildman–Crippen MR) is 241 cm³/mol. The van der Waals surface area contributed by atoms with Crippen LogP contribution in [0, 0.1) is 0 Å². The Morgan fingerprint density at radius 3 is 1.28 bits per heavy atom. The molecule has 0 unspecified atom stereocenters. The standard InChI is InChI=1S/C54H28N2O2/c1-3-25-47-29(11-1)35-17-7-19-37(53(35)57-47)31-13-9-23-43-49(31)39-21-5-15-33-41-28-46-42(27-45(41)55(43)51(33)39)34-16-6-22-40-50-32(14-10-24-44(50)56(46)52(34)40)38-20-8-18-36-30-12-2-4-26-48(30)58-54(36)38/h1-28H/i5D,6D,9D,10D,13D,14D,15D,16D,21D,22D,23D,24D,27D,28D. The van der Waals surface area contributed by atoms with Gasteiger partial charge < -0.3 is 17.6 Å². The number of para-hydroxylation sites is 6. The molecule has 9 aromatic carbocycles. The number of hydrogen-bond acceptors (Lipinski definition) is 2. The number of nitrogens with zero attached hydrogens (tertiary/aromatic N) is 2. The number of furan rings is 2. The smallest absolute Gasteiger partial charge is 0.143 e. The SMILES string of the molecule is [2H]c1c([2H])c([2H])c2c(c1-c1cccc3c1oc1ccccc13)c1c([2H])c([2H])c([2H])c3c4c([2H])c5c(c([2H])c4n2c13)c1c([2H])c([2H])c([2H])c2c3c(-c4cccc6c4oc4ccccc46)c([2H])c([2H])c([2H])c3n5c21. The highest BCUT2D eigenvalue weighted by atomic mass is 16.3. The van der Waals surface area contributed by atoms with Gasteiger partial charge in [0.25, 0.3) is 0 Å². The van der Waals surface area contributed by atoms with Gasteiger partial charge in [0, 0.05) is 75.8 Å². The van der Waals surface area contributed by atoms with E-state index in [0.29, 0.717) is 33.5 Å². The van der Waals surface area contributed by atoms with Gasteiger partial charge in [0.1, 0.15) is 22.3 Å². The lowest BCUT2D eigenvalue weighted by atomic mass is 9.96. The topological polar surface area (TPSA) is 35.1 Å². The fraction of sp³-hybridized carbons (Fsp3) is 0. The van der Waals surface area contributed by atoms with Crippen molar-refractivity contribution in [3.05, 3.63) is 170 Å². The number of aromatic nitrogens is 2. The highest BCUT2D eigenvalue weighted by Crippen LogP contribution is 2.49. The lowest BCUT2D eigenvalue weighted by Crippen LogP contribution is -1.85. The molecule has 6 heterocycles. The van der Waals surface area contributed by atoms with Crippen LogP contribution >= 0.6 is 0 Å². The van der Waals surface area contributed by atoms with Crippen LogP contribution in [0.4, 0.5) is 0 Å². The fourth-order valence-corrected chi connectivity index (χ4v) is 9.73. The molecule has 0 N–H and O–H groups in total. The van der Waals surface area contributed by atoms with E-state index >= 15 is 0 Å². The molecule has 6 aromatic heterocycles. The summed E-state index contributed by atoms with van der Waals surface area (Å²) in [7, 11) is 0. The third-order valence-electron chi connectivity index (χ3n) is 12.1. The van der Waals surface area contributed by atoms with E-state index in [-0.39, 0.29) is 111 Å². The first-order valence-electron chi connectivity index (χ1n) is 25.8. The molecule has 4 heteroatoms. The molecule has 0 atom stereocenters. The molecule has 0 aliphatic heterocycles. The van der Waals surface area contributed by atoms with E-state index in [1.54, 1.807) is 24.3 Å². The predicted octanol–water partition coefficient (Wildman–Crippen LogP) is 15.1. The molecule has 15 rings (SSSR count). The van der Waals surface area contributed by atoms with Crippen LogP contribution in [0.3, 0.4) is 0 Å². The Labute approximate surface area is 348 Å². The van der Waals surface area contributed by atoms with Crippen LogP contribution in [0.1, 0.15) is 19.2 Å². The zero-order valence-electron chi connectivity index (χ0n) is 43.8. The van der Waals surface area contributed by atoms with Gasteiger partial charge in [0.15, 0.2) is 0 Å². The van der Waals surface area contributed by atoms with Crippen LogP contribution in [-0.4, -0.2) is 8.80 Å². The molecule has 0 bridgehead atoms. The molecular weight excluding hydrogens is 709 g/mol. The molecule has 0 fully saturated rings. The maximum absolute atomic E-state index is 10.3. The zero-order valence-corrected chi connectivity index (χ0v) is 29.8. The van der Waals surface area contributed by atoms with Gasteiger partial charge >= 0.3 is 0 Å². The second-order valence-corrected chi connectivity index (χ2v) is 14.8. The molecule has 0 aliphatic carbocycles. The van der Waals surface area contributed by atoms with Crippen LogP contribution in [0.2, 0.25) is 0 Å². The van der Waals surface area contributed by atoms with Crippen molar-refractivity contribution >= 4 is 120 Å². The Morgan fingerprint density at radius 1 is 0.345 bits per heavy atom. The van der Waals surface area contributed by atoms with Gasteiger partial charge in [-0.25, -0.2) is 0 Å². The fourth-order valence-electron chi connectivity index (χ4n) is 9.73. The molecule has 0 spiro atoms. The van der Waals surface area contributed by atoms with Crippen LogP contribution in [0.15, 0.2) is 178 Å². The van der Waals surface area contributed by atoms with Gasteiger partial charge in [-0.1, -0.05) is 133 Å². The van der Waals surface area contributed by atoms with E-state index < -0.39 is 60.4 Å². The van der Waals surface area contributed by atoms with Gasteiger partial charge in [0.05, 0.1) is 52.3 Å². The number of benzene rings is 9. The van der Waals surface area contributed by atoms with E-state index in [1.165, 1.54) is 8.80 Å². The lowest BCUT2D eigenvalue weighted by molar-refractivity contribution is 0.669. The van der Waals surface area contributed by atoms with E-state index in [4.69, 9.17) is 8.83 Å². The van der Waals surface area contributed by atoms with Crippen molar-refractivity contribution in [2.75, 3.05) is 0 Å². The van der Waals surface area contributed by atoms with Crippen LogP contribution in [-0.2, 0) is 0 Å². The monoisotopic (exact) mass is 750 g/mol. The highest BCUT2D eigenvalue weighted by Gasteiger charge is 2.25. The lowest BCUT2D eigenvalue weighted by Gasteiger charge is -2.08.